The topological polar surface area (TPSA) is 91.9 Å². The normalized spacial score (nSPS) is 11.7. The highest BCUT2D eigenvalue weighted by Gasteiger charge is 2.23. The van der Waals surface area contributed by atoms with E-state index in [2.05, 4.69) is 4.99 Å². The summed E-state index contributed by atoms with van der Waals surface area (Å²) in [5.41, 5.74) is 2.29. The lowest BCUT2D eigenvalue weighted by Crippen LogP contribution is -2.19. The van der Waals surface area contributed by atoms with Gasteiger partial charge in [-0.3, -0.25) is 9.48 Å². The van der Waals surface area contributed by atoms with Crippen LogP contribution in [0.25, 0.3) is 5.69 Å². The van der Waals surface area contributed by atoms with Crippen LogP contribution in [-0.2, 0) is 17.2 Å². The fraction of sp³-hybridized carbons (Fsp3) is 0.154. The van der Waals surface area contributed by atoms with Crippen molar-refractivity contribution in [2.75, 3.05) is 7.11 Å². The molecule has 0 N–H and O–H groups in total. The lowest BCUT2D eigenvalue weighted by molar-refractivity contribution is 0.390. The number of nitrogens with zero attached hydrogens (tertiary/aromatic N) is 3. The van der Waals surface area contributed by atoms with Crippen molar-refractivity contribution in [3.63, 3.8) is 0 Å². The predicted molar refractivity (Wildman–Crippen MR) is 140 cm³/mol. The molecule has 0 fully saturated rings. The van der Waals surface area contributed by atoms with E-state index in [0.717, 1.165) is 5.56 Å². The number of rotatable bonds is 7. The second-order valence-corrected chi connectivity index (χ2v) is 10.0. The minimum Gasteiger partial charge on any atom is -0.493 e. The quantitative estimate of drug-likeness (QED) is 0.251. The first-order valence-electron chi connectivity index (χ1n) is 10.9. The molecule has 0 aliphatic rings. The van der Waals surface area contributed by atoms with Crippen molar-refractivity contribution in [1.29, 1.82) is 0 Å². The smallest absolute Gasteiger partial charge is 0.339 e. The molecular formula is C26H24ClN3O5S. The standard InChI is InChI=1S/C26H24ClN3O5S/c1-17-10-12-22(13-11-17)36(32,33)35-25-19(14-20(27)15-23(25)34-4)16-28-24-18(2)29(3)30(26(24)31)21-8-6-5-7-9-21/h5-16H,1-4H3. The lowest BCUT2D eigenvalue weighted by atomic mass is 10.2. The highest BCUT2D eigenvalue weighted by molar-refractivity contribution is 7.87. The van der Waals surface area contributed by atoms with Gasteiger partial charge in [-0.1, -0.05) is 47.5 Å². The Morgan fingerprint density at radius 2 is 1.67 bits per heavy atom. The Morgan fingerprint density at radius 1 is 1.00 bits per heavy atom. The number of halogens is 1. The molecule has 4 rings (SSSR count). The summed E-state index contributed by atoms with van der Waals surface area (Å²) in [5, 5.41) is 0.278. The molecule has 0 spiro atoms. The first-order valence-corrected chi connectivity index (χ1v) is 12.7. The molecule has 0 saturated heterocycles. The molecule has 0 bridgehead atoms. The Bertz CT molecular complexity index is 1610. The second kappa shape index (κ2) is 10.0. The zero-order valence-electron chi connectivity index (χ0n) is 20.1. The van der Waals surface area contributed by atoms with Crippen molar-refractivity contribution in [1.82, 2.24) is 9.36 Å². The van der Waals surface area contributed by atoms with Crippen LogP contribution in [0.2, 0.25) is 5.02 Å². The van der Waals surface area contributed by atoms with E-state index in [1.54, 1.807) is 30.8 Å². The zero-order valence-corrected chi connectivity index (χ0v) is 21.7. The fourth-order valence-electron chi connectivity index (χ4n) is 3.63. The van der Waals surface area contributed by atoms with E-state index >= 15 is 0 Å². The Hall–Kier alpha value is -3.82. The predicted octanol–water partition coefficient (Wildman–Crippen LogP) is 4.97. The highest BCUT2D eigenvalue weighted by Crippen LogP contribution is 2.36. The molecule has 36 heavy (non-hydrogen) atoms. The van der Waals surface area contributed by atoms with E-state index in [0.29, 0.717) is 11.4 Å². The van der Waals surface area contributed by atoms with Crippen LogP contribution < -0.4 is 14.5 Å². The molecule has 0 aliphatic heterocycles. The van der Waals surface area contributed by atoms with Gasteiger partial charge >= 0.3 is 10.1 Å². The zero-order chi connectivity index (χ0) is 26.0. The van der Waals surface area contributed by atoms with Gasteiger partial charge in [0.15, 0.2) is 17.2 Å². The first-order chi connectivity index (χ1) is 17.1. The number of para-hydroxylation sites is 1. The van der Waals surface area contributed by atoms with Gasteiger partial charge in [-0.05, 0) is 44.2 Å². The van der Waals surface area contributed by atoms with E-state index in [1.807, 2.05) is 37.3 Å². The van der Waals surface area contributed by atoms with E-state index in [1.165, 1.54) is 42.3 Å². The minimum atomic E-state index is -4.19. The Labute approximate surface area is 214 Å². The van der Waals surface area contributed by atoms with Crippen molar-refractivity contribution in [3.8, 4) is 17.2 Å². The highest BCUT2D eigenvalue weighted by atomic mass is 35.5. The average molecular weight is 526 g/mol. The van der Waals surface area contributed by atoms with Crippen LogP contribution in [0.3, 0.4) is 0 Å². The van der Waals surface area contributed by atoms with Gasteiger partial charge in [-0.25, -0.2) is 9.67 Å². The van der Waals surface area contributed by atoms with Gasteiger partial charge in [0.25, 0.3) is 5.56 Å². The van der Waals surface area contributed by atoms with Crippen LogP contribution in [0.5, 0.6) is 11.5 Å². The number of ether oxygens (including phenoxy) is 1. The third-order valence-corrected chi connectivity index (χ3v) is 7.08. The molecule has 0 amide bonds. The Morgan fingerprint density at radius 3 is 2.31 bits per heavy atom. The van der Waals surface area contributed by atoms with Crippen molar-refractivity contribution in [2.45, 2.75) is 18.7 Å². The third-order valence-electron chi connectivity index (χ3n) is 5.63. The summed E-state index contributed by atoms with van der Waals surface area (Å²) in [6.45, 7) is 3.62. The number of methoxy groups -OCH3 is 1. The van der Waals surface area contributed by atoms with Crippen LogP contribution in [0.1, 0.15) is 16.8 Å². The second-order valence-electron chi connectivity index (χ2n) is 8.05. The first kappa shape index (κ1) is 25.3. The van der Waals surface area contributed by atoms with E-state index < -0.39 is 10.1 Å². The molecule has 0 radical (unpaired) electrons. The molecule has 0 atom stereocenters. The Balaban J connectivity index is 1.79. The average Bonchev–Trinajstić information content (AvgIpc) is 3.07. The van der Waals surface area contributed by atoms with Crippen molar-refractivity contribution >= 4 is 33.6 Å². The molecule has 1 heterocycles. The maximum Gasteiger partial charge on any atom is 0.339 e. The van der Waals surface area contributed by atoms with Gasteiger partial charge < -0.3 is 8.92 Å². The van der Waals surface area contributed by atoms with Crippen molar-refractivity contribution in [2.24, 2.45) is 12.0 Å². The molecule has 0 saturated carbocycles. The summed E-state index contributed by atoms with van der Waals surface area (Å²) in [5.74, 6) is 0.00862. The number of aromatic nitrogens is 2. The van der Waals surface area contributed by atoms with Crippen LogP contribution in [-0.4, -0.2) is 31.1 Å². The number of benzene rings is 3. The largest absolute Gasteiger partial charge is 0.493 e. The fourth-order valence-corrected chi connectivity index (χ4v) is 4.81. The lowest BCUT2D eigenvalue weighted by Gasteiger charge is -2.14. The van der Waals surface area contributed by atoms with E-state index in [-0.39, 0.29) is 38.2 Å². The molecular weight excluding hydrogens is 502 g/mol. The van der Waals surface area contributed by atoms with Crippen molar-refractivity contribution < 1.29 is 17.3 Å². The number of hydrogen-bond donors (Lipinski definition) is 0. The molecule has 0 unspecified atom stereocenters. The number of aryl methyl sites for hydroxylation is 1. The van der Waals surface area contributed by atoms with Gasteiger partial charge in [0.1, 0.15) is 4.90 Å². The molecule has 1 aromatic heterocycles. The van der Waals surface area contributed by atoms with Crippen LogP contribution in [0.4, 0.5) is 5.69 Å². The van der Waals surface area contributed by atoms with E-state index in [4.69, 9.17) is 20.5 Å². The van der Waals surface area contributed by atoms with Gasteiger partial charge in [0.05, 0.1) is 18.5 Å². The molecule has 186 valence electrons. The summed E-state index contributed by atoms with van der Waals surface area (Å²) in [4.78, 5) is 17.6. The molecule has 4 aromatic rings. The molecule has 10 heteroatoms. The number of hydrogen-bond acceptors (Lipinski definition) is 6. The molecule has 8 nitrogen and oxygen atoms in total. The van der Waals surface area contributed by atoms with Gasteiger partial charge in [0.2, 0.25) is 0 Å². The summed E-state index contributed by atoms with van der Waals surface area (Å²) < 4.78 is 40.0. The number of aliphatic imine (C=N–C) groups is 1. The van der Waals surface area contributed by atoms with Crippen LogP contribution in [0, 0.1) is 13.8 Å². The van der Waals surface area contributed by atoms with Gasteiger partial charge in [-0.15, -0.1) is 0 Å². The maximum atomic E-state index is 13.2. The maximum absolute atomic E-state index is 13.2. The Kier molecular flexibility index (Phi) is 7.05. The summed E-state index contributed by atoms with van der Waals surface area (Å²) in [7, 11) is -1.06. The summed E-state index contributed by atoms with van der Waals surface area (Å²) in [6.07, 6.45) is 1.34. The third kappa shape index (κ3) is 4.93. The van der Waals surface area contributed by atoms with E-state index in [9.17, 15) is 13.2 Å². The molecule has 0 aliphatic carbocycles. The van der Waals surface area contributed by atoms with Gasteiger partial charge in [0, 0.05) is 29.9 Å². The molecule has 3 aromatic carbocycles. The SMILES string of the molecule is COc1cc(Cl)cc(C=Nc2c(C)n(C)n(-c3ccccc3)c2=O)c1OS(=O)(=O)c1ccc(C)cc1. The van der Waals surface area contributed by atoms with Gasteiger partial charge in [-0.2, -0.15) is 8.42 Å². The summed E-state index contributed by atoms with van der Waals surface area (Å²) in [6, 6.07) is 18.4. The monoisotopic (exact) mass is 525 g/mol. The van der Waals surface area contributed by atoms with Crippen LogP contribution in [0.15, 0.2) is 81.4 Å². The van der Waals surface area contributed by atoms with Crippen LogP contribution >= 0.6 is 11.6 Å². The summed E-state index contributed by atoms with van der Waals surface area (Å²) >= 11 is 6.24. The van der Waals surface area contributed by atoms with Crippen molar-refractivity contribution in [3.05, 3.63) is 98.9 Å². The minimum absolute atomic E-state index is 0.0161.